The second kappa shape index (κ2) is 9.15. The van der Waals surface area contributed by atoms with E-state index in [0.717, 1.165) is 0 Å². The van der Waals surface area contributed by atoms with Crippen LogP contribution >= 0.6 is 22.9 Å². The molecule has 0 fully saturated rings. The molecular formula is C21H19ClFN3O2S. The van der Waals surface area contributed by atoms with Crippen molar-refractivity contribution >= 4 is 39.9 Å². The molecule has 5 nitrogen and oxygen atoms in total. The summed E-state index contributed by atoms with van der Waals surface area (Å²) in [6, 6.07) is 11.9. The topological polar surface area (TPSA) is 71.1 Å². The van der Waals surface area contributed by atoms with Gasteiger partial charge < -0.3 is 10.6 Å². The minimum absolute atomic E-state index is 0.163. The zero-order chi connectivity index (χ0) is 21.0. The number of thiazole rings is 1. The van der Waals surface area contributed by atoms with E-state index in [1.54, 1.807) is 41.8 Å². The molecule has 0 saturated carbocycles. The summed E-state index contributed by atoms with van der Waals surface area (Å²) in [5.41, 5.74) is 1.48. The third-order valence-electron chi connectivity index (χ3n) is 4.21. The van der Waals surface area contributed by atoms with Crippen LogP contribution in [0.4, 0.5) is 9.52 Å². The van der Waals surface area contributed by atoms with Gasteiger partial charge in [-0.05, 0) is 30.2 Å². The molecule has 1 heterocycles. The van der Waals surface area contributed by atoms with Crippen molar-refractivity contribution in [2.45, 2.75) is 19.9 Å². The van der Waals surface area contributed by atoms with Crippen molar-refractivity contribution in [3.8, 4) is 11.3 Å². The number of benzene rings is 2. The molecule has 3 rings (SSSR count). The predicted octanol–water partition coefficient (Wildman–Crippen LogP) is 5.00. The van der Waals surface area contributed by atoms with Gasteiger partial charge in [0.1, 0.15) is 11.9 Å². The van der Waals surface area contributed by atoms with E-state index >= 15 is 0 Å². The molecule has 1 unspecified atom stereocenters. The summed E-state index contributed by atoms with van der Waals surface area (Å²) in [7, 11) is 0. The highest BCUT2D eigenvalue weighted by Crippen LogP contribution is 2.25. The third kappa shape index (κ3) is 5.19. The Labute approximate surface area is 176 Å². The van der Waals surface area contributed by atoms with Crippen molar-refractivity contribution < 1.29 is 14.0 Å². The normalized spacial score (nSPS) is 11.9. The van der Waals surface area contributed by atoms with E-state index in [4.69, 9.17) is 11.6 Å². The Morgan fingerprint density at radius 3 is 2.59 bits per heavy atom. The number of halogens is 2. The Hall–Kier alpha value is -2.77. The van der Waals surface area contributed by atoms with E-state index < -0.39 is 11.9 Å². The molecular weight excluding hydrogens is 413 g/mol. The second-order valence-corrected chi connectivity index (χ2v) is 7.98. The van der Waals surface area contributed by atoms with Crippen LogP contribution in [-0.4, -0.2) is 22.8 Å². The van der Waals surface area contributed by atoms with Gasteiger partial charge in [0, 0.05) is 10.9 Å². The van der Waals surface area contributed by atoms with Crippen LogP contribution in [0, 0.1) is 11.7 Å². The zero-order valence-electron chi connectivity index (χ0n) is 15.8. The zero-order valence-corrected chi connectivity index (χ0v) is 17.4. The Morgan fingerprint density at radius 1 is 1.14 bits per heavy atom. The first-order valence-corrected chi connectivity index (χ1v) is 10.2. The number of nitrogens with one attached hydrogen (secondary N) is 2. The fourth-order valence-corrected chi connectivity index (χ4v) is 3.64. The average molecular weight is 432 g/mol. The molecule has 1 aromatic heterocycles. The first kappa shape index (κ1) is 21.0. The number of hydrogen-bond acceptors (Lipinski definition) is 4. The number of amides is 2. The van der Waals surface area contributed by atoms with E-state index in [0.29, 0.717) is 27.0 Å². The monoisotopic (exact) mass is 431 g/mol. The maximum atomic E-state index is 13.4. The summed E-state index contributed by atoms with van der Waals surface area (Å²) in [4.78, 5) is 29.6. The molecule has 2 N–H and O–H groups in total. The molecule has 0 radical (unpaired) electrons. The van der Waals surface area contributed by atoms with Gasteiger partial charge in [-0.2, -0.15) is 0 Å². The highest BCUT2D eigenvalue weighted by Gasteiger charge is 2.26. The Balaban J connectivity index is 1.72. The van der Waals surface area contributed by atoms with Crippen molar-refractivity contribution in [2.75, 3.05) is 5.32 Å². The summed E-state index contributed by atoms with van der Waals surface area (Å²) in [5.74, 6) is -1.34. The van der Waals surface area contributed by atoms with E-state index in [1.165, 1.54) is 23.5 Å². The molecule has 0 aliphatic heterocycles. The summed E-state index contributed by atoms with van der Waals surface area (Å²) in [6.07, 6.45) is 0. The van der Waals surface area contributed by atoms with Crippen molar-refractivity contribution in [3.05, 3.63) is 70.3 Å². The summed E-state index contributed by atoms with van der Waals surface area (Å²) >= 11 is 7.29. The number of aromatic nitrogens is 1. The van der Waals surface area contributed by atoms with Gasteiger partial charge in [0.2, 0.25) is 5.91 Å². The third-order valence-corrected chi connectivity index (χ3v) is 5.30. The minimum Gasteiger partial charge on any atom is -0.340 e. The molecule has 2 amide bonds. The number of carbonyl (C=O) groups excluding carboxylic acids is 2. The Kier molecular flexibility index (Phi) is 6.61. The van der Waals surface area contributed by atoms with Gasteiger partial charge in [-0.25, -0.2) is 9.37 Å². The molecule has 29 heavy (non-hydrogen) atoms. The van der Waals surface area contributed by atoms with Crippen LogP contribution in [-0.2, 0) is 4.79 Å². The predicted molar refractivity (Wildman–Crippen MR) is 114 cm³/mol. The van der Waals surface area contributed by atoms with Gasteiger partial charge >= 0.3 is 0 Å². The molecule has 0 bridgehead atoms. The molecule has 0 saturated heterocycles. The molecule has 150 valence electrons. The largest absolute Gasteiger partial charge is 0.340 e. The van der Waals surface area contributed by atoms with Gasteiger partial charge in [-0.15, -0.1) is 11.3 Å². The lowest BCUT2D eigenvalue weighted by atomic mass is 10.0. The quantitative estimate of drug-likeness (QED) is 0.577. The van der Waals surface area contributed by atoms with Crippen LogP contribution in [0.3, 0.4) is 0 Å². The van der Waals surface area contributed by atoms with Crippen LogP contribution in [0.2, 0.25) is 5.02 Å². The van der Waals surface area contributed by atoms with Crippen LogP contribution < -0.4 is 10.6 Å². The number of hydrogen-bond donors (Lipinski definition) is 2. The molecule has 0 spiro atoms. The SMILES string of the molecule is CC(C)C(NC(=O)c1ccccc1Cl)C(=O)Nc1nc(-c2cccc(F)c2)cs1. The van der Waals surface area contributed by atoms with Crippen molar-refractivity contribution in [3.63, 3.8) is 0 Å². The van der Waals surface area contributed by atoms with Gasteiger partial charge in [0.05, 0.1) is 16.3 Å². The van der Waals surface area contributed by atoms with Crippen LogP contribution in [0.5, 0.6) is 0 Å². The first-order valence-electron chi connectivity index (χ1n) is 8.93. The fourth-order valence-electron chi connectivity index (χ4n) is 2.69. The number of rotatable bonds is 6. The van der Waals surface area contributed by atoms with Crippen LogP contribution in [0.25, 0.3) is 11.3 Å². The molecule has 8 heteroatoms. The highest BCUT2D eigenvalue weighted by molar-refractivity contribution is 7.14. The molecule has 3 aromatic rings. The van der Waals surface area contributed by atoms with E-state index in [9.17, 15) is 14.0 Å². The van der Waals surface area contributed by atoms with Crippen molar-refractivity contribution in [2.24, 2.45) is 5.92 Å². The minimum atomic E-state index is -0.778. The van der Waals surface area contributed by atoms with Gasteiger partial charge in [-0.1, -0.05) is 49.7 Å². The maximum absolute atomic E-state index is 13.4. The van der Waals surface area contributed by atoms with Crippen LogP contribution in [0.15, 0.2) is 53.9 Å². The standard InChI is InChI=1S/C21H19ClFN3O2S/c1-12(2)18(25-19(27)15-8-3-4-9-16(15)22)20(28)26-21-24-17(11-29-21)13-6-5-7-14(23)10-13/h3-12,18H,1-2H3,(H,25,27)(H,24,26,28). The molecule has 0 aliphatic carbocycles. The van der Waals surface area contributed by atoms with Crippen LogP contribution in [0.1, 0.15) is 24.2 Å². The van der Waals surface area contributed by atoms with Crippen molar-refractivity contribution in [1.29, 1.82) is 0 Å². The van der Waals surface area contributed by atoms with Gasteiger partial charge in [-0.3, -0.25) is 9.59 Å². The second-order valence-electron chi connectivity index (χ2n) is 6.71. The fraction of sp³-hybridized carbons (Fsp3) is 0.190. The lowest BCUT2D eigenvalue weighted by Crippen LogP contribution is -2.47. The average Bonchev–Trinajstić information content (AvgIpc) is 3.14. The Morgan fingerprint density at radius 2 is 1.90 bits per heavy atom. The summed E-state index contributed by atoms with van der Waals surface area (Å²) in [6.45, 7) is 3.66. The lowest BCUT2D eigenvalue weighted by Gasteiger charge is -2.21. The van der Waals surface area contributed by atoms with E-state index in [1.807, 2.05) is 13.8 Å². The lowest BCUT2D eigenvalue weighted by molar-refractivity contribution is -0.118. The Bertz CT molecular complexity index is 1040. The van der Waals surface area contributed by atoms with Gasteiger partial charge in [0.25, 0.3) is 5.91 Å². The molecule has 2 aromatic carbocycles. The molecule has 0 aliphatic rings. The van der Waals surface area contributed by atoms with E-state index in [2.05, 4.69) is 15.6 Å². The summed E-state index contributed by atoms with van der Waals surface area (Å²) < 4.78 is 13.4. The van der Waals surface area contributed by atoms with Gasteiger partial charge in [0.15, 0.2) is 5.13 Å². The smallest absolute Gasteiger partial charge is 0.253 e. The van der Waals surface area contributed by atoms with Crippen molar-refractivity contribution in [1.82, 2.24) is 10.3 Å². The number of anilines is 1. The summed E-state index contributed by atoms with van der Waals surface area (Å²) in [5, 5.41) is 7.87. The van der Waals surface area contributed by atoms with E-state index in [-0.39, 0.29) is 17.6 Å². The molecule has 1 atom stereocenters. The maximum Gasteiger partial charge on any atom is 0.253 e. The number of carbonyl (C=O) groups is 2. The first-order chi connectivity index (χ1) is 13.8. The number of nitrogens with zero attached hydrogens (tertiary/aromatic N) is 1. The highest BCUT2D eigenvalue weighted by atomic mass is 35.5.